The van der Waals surface area contributed by atoms with E-state index in [0.717, 1.165) is 0 Å². The molecule has 0 heterocycles. The molecular weight excluding hydrogens is 425 g/mol. The third kappa shape index (κ3) is 8.82. The number of rotatable bonds is 0. The van der Waals surface area contributed by atoms with Crippen LogP contribution in [-0.2, 0) is 81.9 Å². The molecule has 0 amide bonds. The van der Waals surface area contributed by atoms with Crippen LogP contribution >= 0.6 is 0 Å². The van der Waals surface area contributed by atoms with Gasteiger partial charge in [-0.15, -0.1) is 0 Å². The zero-order valence-corrected chi connectivity index (χ0v) is 10.1. The van der Waals surface area contributed by atoms with E-state index >= 15 is 0 Å². The Morgan fingerprint density at radius 1 is 1.00 bits per heavy atom. The molecule has 0 aromatic carbocycles. The molecule has 23 valence electrons. The Balaban J connectivity index is 0. The fourth-order valence-electron chi connectivity index (χ4n) is 0. The van der Waals surface area contributed by atoms with Gasteiger partial charge in [0.05, 0.1) is 0 Å². The summed E-state index contributed by atoms with van der Waals surface area (Å²) in [5, 5.41) is 0. The topological polar surface area (TPSA) is 0 Å². The summed E-state index contributed by atoms with van der Waals surface area (Å²) in [4.78, 5) is 0. The Bertz CT molecular complexity index is 8.00. The normalized spacial score (nSPS) is 0. The van der Waals surface area contributed by atoms with E-state index < -0.39 is 0 Å². The van der Waals surface area contributed by atoms with Crippen LogP contribution in [0.2, 0.25) is 0 Å². The fraction of sp³-hybridized carbons (Fsp3) is 0. The molecule has 0 saturated carbocycles. The summed E-state index contributed by atoms with van der Waals surface area (Å²) in [5.41, 5.74) is 0. The van der Waals surface area contributed by atoms with Crippen molar-refractivity contribution in [3.05, 3.63) is 0 Å². The summed E-state index contributed by atoms with van der Waals surface area (Å²) in [6.07, 6.45) is 0. The molecule has 0 fully saturated rings. The minimum absolute atomic E-state index is 0. The van der Waals surface area contributed by atoms with Gasteiger partial charge in [0.25, 0.3) is 0 Å². The predicted molar refractivity (Wildman–Crippen MR) is 0 cm³/mol. The first kappa shape index (κ1) is 30.2. The Morgan fingerprint density at radius 2 is 1.00 bits per heavy atom. The van der Waals surface area contributed by atoms with Crippen LogP contribution in [0.5, 0.6) is 0 Å². The third-order valence-electron chi connectivity index (χ3n) is 0. The van der Waals surface area contributed by atoms with Gasteiger partial charge in [-0.2, -0.15) is 0 Å². The molecule has 4 heteroatoms. The van der Waals surface area contributed by atoms with Gasteiger partial charge < -0.3 is 0 Å². The van der Waals surface area contributed by atoms with E-state index in [1.807, 2.05) is 0 Å². The van der Waals surface area contributed by atoms with Gasteiger partial charge in [-0.25, -0.2) is 0 Å². The van der Waals surface area contributed by atoms with Crippen molar-refractivity contribution in [2.75, 3.05) is 0 Å². The van der Waals surface area contributed by atoms with Crippen molar-refractivity contribution in [1.82, 2.24) is 0 Å². The van der Waals surface area contributed by atoms with Crippen molar-refractivity contribution < 1.29 is 81.9 Å². The Labute approximate surface area is 80.7 Å². The van der Waals surface area contributed by atoms with Crippen LogP contribution in [0.1, 0.15) is 0 Å². The van der Waals surface area contributed by atoms with Gasteiger partial charge in [-0.1, -0.05) is 0 Å². The van der Waals surface area contributed by atoms with Gasteiger partial charge in [-0.3, -0.25) is 0 Å². The second kappa shape index (κ2) is 17.4. The molecule has 0 N–H and O–H groups in total. The predicted octanol–water partition coefficient (Wildman–Crippen LogP) is -0.0100. The Hall–Kier alpha value is 2.65. The van der Waals surface area contributed by atoms with E-state index in [9.17, 15) is 0 Å². The van der Waals surface area contributed by atoms with Crippen LogP contribution in [-0.4, -0.2) is 0 Å². The zero-order chi connectivity index (χ0) is 0. The van der Waals surface area contributed by atoms with Gasteiger partial charge >= 0.3 is 0 Å². The van der Waals surface area contributed by atoms with E-state index in [4.69, 9.17) is 0 Å². The SMILES string of the molecule is [Cr].[Mo].[Nb].[W]. The first-order valence-electron chi connectivity index (χ1n) is 0. The number of hydrogen-bond acceptors (Lipinski definition) is 0. The first-order chi connectivity index (χ1) is 0. The molecular formula is CrMoNbW. The first-order valence-corrected chi connectivity index (χ1v) is 0. The summed E-state index contributed by atoms with van der Waals surface area (Å²) >= 11 is 0. The molecule has 0 nitrogen and oxygen atoms in total. The van der Waals surface area contributed by atoms with Crippen molar-refractivity contribution in [3.63, 3.8) is 0 Å². The van der Waals surface area contributed by atoms with Crippen molar-refractivity contribution in [2.24, 2.45) is 0 Å². The molecule has 0 bridgehead atoms. The molecule has 0 aliphatic rings. The second-order valence-corrected chi connectivity index (χ2v) is 0. The van der Waals surface area contributed by atoms with Gasteiger partial charge in [0.1, 0.15) is 0 Å². The molecule has 0 aliphatic heterocycles. The van der Waals surface area contributed by atoms with Crippen LogP contribution in [0, 0.1) is 0 Å². The smallest absolute Gasteiger partial charge is 0 e. The van der Waals surface area contributed by atoms with E-state index in [1.165, 1.54) is 0 Å². The molecule has 0 aliphatic carbocycles. The van der Waals surface area contributed by atoms with Crippen LogP contribution in [0.3, 0.4) is 0 Å². The van der Waals surface area contributed by atoms with Gasteiger partial charge in [0.2, 0.25) is 0 Å². The Morgan fingerprint density at radius 3 is 1.00 bits per heavy atom. The summed E-state index contributed by atoms with van der Waals surface area (Å²) in [6.45, 7) is 0. The maximum atomic E-state index is 0. The molecule has 0 rings (SSSR count). The largest absolute Gasteiger partial charge is 0 e. The summed E-state index contributed by atoms with van der Waals surface area (Å²) in [6, 6.07) is 0. The number of hydrogen-bond donors (Lipinski definition) is 0. The average Bonchev–Trinajstić information content (AvgIpc) is 0. The van der Waals surface area contributed by atoms with Crippen LogP contribution < -0.4 is 0 Å². The zero-order valence-electron chi connectivity index (χ0n) is 1.67. The molecule has 0 aromatic rings. The minimum atomic E-state index is 0. The molecule has 4 heavy (non-hydrogen) atoms. The van der Waals surface area contributed by atoms with Gasteiger partial charge in [0, 0.05) is 81.9 Å². The van der Waals surface area contributed by atoms with E-state index in [1.54, 1.807) is 0 Å². The van der Waals surface area contributed by atoms with Gasteiger partial charge in [-0.05, 0) is 0 Å². The summed E-state index contributed by atoms with van der Waals surface area (Å²) in [7, 11) is 0. The quantitative estimate of drug-likeness (QED) is 0.480. The van der Waals surface area contributed by atoms with Crippen molar-refractivity contribution >= 4 is 0 Å². The van der Waals surface area contributed by atoms with Crippen LogP contribution in [0.25, 0.3) is 0 Å². The second-order valence-electron chi connectivity index (χ2n) is 0. The molecule has 0 unspecified atom stereocenters. The van der Waals surface area contributed by atoms with Crippen molar-refractivity contribution in [1.29, 1.82) is 0 Å². The maximum Gasteiger partial charge on any atom is 0 e. The van der Waals surface area contributed by atoms with Crippen LogP contribution in [0.4, 0.5) is 0 Å². The molecule has 0 atom stereocenters. The van der Waals surface area contributed by atoms with E-state index in [0.29, 0.717) is 0 Å². The average molecular weight is 425 g/mol. The summed E-state index contributed by atoms with van der Waals surface area (Å²) in [5.74, 6) is 0. The monoisotopic (exact) mass is 427 g/mol. The maximum absolute atomic E-state index is 0. The standard InChI is InChI=1S/Cr.Mo.Nb.W. The minimum Gasteiger partial charge on any atom is 0 e. The molecule has 0 aromatic heterocycles. The van der Waals surface area contributed by atoms with Gasteiger partial charge in [0.15, 0.2) is 0 Å². The third-order valence-corrected chi connectivity index (χ3v) is 0. The molecule has 0 saturated heterocycles. The molecule has 1 radical (unpaired) electrons. The van der Waals surface area contributed by atoms with E-state index in [2.05, 4.69) is 0 Å². The summed E-state index contributed by atoms with van der Waals surface area (Å²) < 4.78 is 0. The molecule has 0 spiro atoms. The van der Waals surface area contributed by atoms with Crippen molar-refractivity contribution in [2.45, 2.75) is 0 Å². The Kier molecular flexibility index (Phi) is 132. The van der Waals surface area contributed by atoms with E-state index in [-0.39, 0.29) is 81.9 Å². The van der Waals surface area contributed by atoms with Crippen molar-refractivity contribution in [3.8, 4) is 0 Å². The fourth-order valence-corrected chi connectivity index (χ4v) is 0. The van der Waals surface area contributed by atoms with Crippen LogP contribution in [0.15, 0.2) is 0 Å².